The molecule has 18 heavy (non-hydrogen) atoms. The fourth-order valence-electron chi connectivity index (χ4n) is 2.05. The monoisotopic (exact) mass is 247 g/mol. The Hall–Kier alpha value is -1.15. The van der Waals surface area contributed by atoms with Gasteiger partial charge in [0.1, 0.15) is 5.78 Å². The van der Waals surface area contributed by atoms with Crippen LogP contribution in [0, 0.1) is 5.41 Å². The quantitative estimate of drug-likeness (QED) is 0.836. The molecule has 0 aliphatic rings. The highest BCUT2D eigenvalue weighted by Gasteiger charge is 2.12. The second kappa shape index (κ2) is 6.69. The molecular weight excluding hydrogens is 222 g/mol. The van der Waals surface area contributed by atoms with Crippen molar-refractivity contribution in [1.29, 1.82) is 0 Å². The first-order valence-corrected chi connectivity index (χ1v) is 6.71. The number of Topliss-reactive ketones (excluding diaryl/α,β-unsaturated/α-hetero) is 1. The first-order chi connectivity index (χ1) is 8.42. The lowest BCUT2D eigenvalue weighted by Crippen LogP contribution is -2.10. The molecule has 2 N–H and O–H groups in total. The molecule has 0 heterocycles. The highest BCUT2D eigenvalue weighted by atomic mass is 16.1. The van der Waals surface area contributed by atoms with Crippen molar-refractivity contribution in [1.82, 2.24) is 0 Å². The summed E-state index contributed by atoms with van der Waals surface area (Å²) in [6.45, 7) is 7.13. The second-order valence-electron chi connectivity index (χ2n) is 6.10. The minimum absolute atomic E-state index is 0.315. The summed E-state index contributed by atoms with van der Waals surface area (Å²) in [7, 11) is 0. The summed E-state index contributed by atoms with van der Waals surface area (Å²) >= 11 is 0. The van der Waals surface area contributed by atoms with Gasteiger partial charge in [-0.2, -0.15) is 0 Å². The molecule has 0 spiro atoms. The Kier molecular flexibility index (Phi) is 5.54. The molecule has 1 aromatic carbocycles. The van der Waals surface area contributed by atoms with Crippen LogP contribution in [0.1, 0.15) is 51.2 Å². The summed E-state index contributed by atoms with van der Waals surface area (Å²) in [5.74, 6) is 0.320. The summed E-state index contributed by atoms with van der Waals surface area (Å²) in [5, 5.41) is 0. The van der Waals surface area contributed by atoms with Gasteiger partial charge in [0.15, 0.2) is 0 Å². The van der Waals surface area contributed by atoms with E-state index in [0.29, 0.717) is 30.6 Å². The van der Waals surface area contributed by atoms with E-state index in [-0.39, 0.29) is 0 Å². The van der Waals surface area contributed by atoms with Crippen LogP contribution in [-0.2, 0) is 17.8 Å². The van der Waals surface area contributed by atoms with Gasteiger partial charge in [-0.05, 0) is 29.4 Å². The zero-order valence-corrected chi connectivity index (χ0v) is 11.8. The van der Waals surface area contributed by atoms with Crippen molar-refractivity contribution < 1.29 is 4.79 Å². The summed E-state index contributed by atoms with van der Waals surface area (Å²) in [5.41, 5.74) is 8.16. The van der Waals surface area contributed by atoms with Crippen LogP contribution in [-0.4, -0.2) is 5.78 Å². The topological polar surface area (TPSA) is 43.1 Å². The predicted molar refractivity (Wildman–Crippen MR) is 76.4 cm³/mol. The van der Waals surface area contributed by atoms with Crippen LogP contribution in [0.4, 0.5) is 0 Å². The molecule has 0 unspecified atom stereocenters. The van der Waals surface area contributed by atoms with E-state index in [1.165, 1.54) is 0 Å². The van der Waals surface area contributed by atoms with Crippen molar-refractivity contribution in [3.05, 3.63) is 35.4 Å². The van der Waals surface area contributed by atoms with Crippen LogP contribution >= 0.6 is 0 Å². The van der Waals surface area contributed by atoms with Crippen molar-refractivity contribution in [3.8, 4) is 0 Å². The number of hydrogen-bond acceptors (Lipinski definition) is 2. The number of nitrogens with two attached hydrogens (primary N) is 1. The van der Waals surface area contributed by atoms with Gasteiger partial charge in [0.2, 0.25) is 0 Å². The maximum Gasteiger partial charge on any atom is 0.137 e. The molecule has 2 nitrogen and oxygen atoms in total. The van der Waals surface area contributed by atoms with Crippen LogP contribution in [0.3, 0.4) is 0 Å². The summed E-state index contributed by atoms with van der Waals surface area (Å²) < 4.78 is 0. The molecule has 0 amide bonds. The van der Waals surface area contributed by atoms with E-state index >= 15 is 0 Å². The van der Waals surface area contributed by atoms with Gasteiger partial charge in [0.25, 0.3) is 0 Å². The lowest BCUT2D eigenvalue weighted by molar-refractivity contribution is -0.118. The highest BCUT2D eigenvalue weighted by Crippen LogP contribution is 2.22. The standard InChI is InChI=1S/C16H25NO/c1-16(2,3)10-6-9-15(18)11-13-7-4-5-8-14(13)12-17/h4-5,7-8H,6,9-12,17H2,1-3H3. The molecule has 1 rings (SSSR count). The van der Waals surface area contributed by atoms with Gasteiger partial charge in [-0.1, -0.05) is 45.0 Å². The van der Waals surface area contributed by atoms with E-state index in [2.05, 4.69) is 20.8 Å². The van der Waals surface area contributed by atoms with Crippen molar-refractivity contribution in [3.63, 3.8) is 0 Å². The molecule has 0 fully saturated rings. The molecule has 0 aromatic heterocycles. The van der Waals surface area contributed by atoms with E-state index in [1.807, 2.05) is 24.3 Å². The van der Waals surface area contributed by atoms with E-state index in [9.17, 15) is 4.79 Å². The third kappa shape index (κ3) is 5.46. The SMILES string of the molecule is CC(C)(C)CCCC(=O)Cc1ccccc1CN. The third-order valence-electron chi connectivity index (χ3n) is 3.11. The second-order valence-corrected chi connectivity index (χ2v) is 6.10. The van der Waals surface area contributed by atoms with Gasteiger partial charge < -0.3 is 5.73 Å². The average Bonchev–Trinajstić information content (AvgIpc) is 2.28. The zero-order chi connectivity index (χ0) is 13.6. The third-order valence-corrected chi connectivity index (χ3v) is 3.11. The van der Waals surface area contributed by atoms with Gasteiger partial charge in [-0.3, -0.25) is 4.79 Å². The molecule has 0 atom stereocenters. The maximum absolute atomic E-state index is 11.9. The molecule has 0 radical (unpaired) electrons. The van der Waals surface area contributed by atoms with Crippen molar-refractivity contribution in [2.45, 2.75) is 53.0 Å². The Bertz CT molecular complexity index is 390. The number of carbonyl (C=O) groups is 1. The van der Waals surface area contributed by atoms with E-state index in [4.69, 9.17) is 5.73 Å². The van der Waals surface area contributed by atoms with Gasteiger partial charge >= 0.3 is 0 Å². The van der Waals surface area contributed by atoms with E-state index < -0.39 is 0 Å². The molecule has 0 saturated carbocycles. The smallest absolute Gasteiger partial charge is 0.137 e. The lowest BCUT2D eigenvalue weighted by atomic mass is 9.89. The van der Waals surface area contributed by atoms with Gasteiger partial charge in [0, 0.05) is 19.4 Å². The minimum Gasteiger partial charge on any atom is -0.326 e. The molecular formula is C16H25NO. The summed E-state index contributed by atoms with van der Waals surface area (Å²) in [4.78, 5) is 11.9. The van der Waals surface area contributed by atoms with Crippen LogP contribution in [0.5, 0.6) is 0 Å². The lowest BCUT2D eigenvalue weighted by Gasteiger charge is -2.17. The number of carbonyl (C=O) groups excluding carboxylic acids is 1. The van der Waals surface area contributed by atoms with E-state index in [1.54, 1.807) is 0 Å². The Balaban J connectivity index is 2.45. The van der Waals surface area contributed by atoms with Crippen molar-refractivity contribution in [2.24, 2.45) is 11.1 Å². The summed E-state index contributed by atoms with van der Waals surface area (Å²) in [6, 6.07) is 7.94. The predicted octanol–water partition coefficient (Wildman–Crippen LogP) is 3.47. The van der Waals surface area contributed by atoms with Crippen LogP contribution in [0.2, 0.25) is 0 Å². The average molecular weight is 247 g/mol. The summed E-state index contributed by atoms with van der Waals surface area (Å²) in [6.07, 6.45) is 3.28. The number of benzene rings is 1. The van der Waals surface area contributed by atoms with Gasteiger partial charge in [-0.25, -0.2) is 0 Å². The van der Waals surface area contributed by atoms with Gasteiger partial charge in [-0.15, -0.1) is 0 Å². The van der Waals surface area contributed by atoms with E-state index in [0.717, 1.165) is 24.0 Å². The highest BCUT2D eigenvalue weighted by molar-refractivity contribution is 5.81. The molecule has 0 bridgehead atoms. The van der Waals surface area contributed by atoms with Crippen molar-refractivity contribution >= 4 is 5.78 Å². The van der Waals surface area contributed by atoms with Crippen LogP contribution in [0.25, 0.3) is 0 Å². The normalized spacial score (nSPS) is 11.6. The minimum atomic E-state index is 0.315. The fourth-order valence-corrected chi connectivity index (χ4v) is 2.05. The molecule has 100 valence electrons. The number of ketones is 1. The van der Waals surface area contributed by atoms with Crippen LogP contribution < -0.4 is 5.73 Å². The van der Waals surface area contributed by atoms with Crippen molar-refractivity contribution in [2.75, 3.05) is 0 Å². The molecule has 0 aliphatic heterocycles. The van der Waals surface area contributed by atoms with Crippen LogP contribution in [0.15, 0.2) is 24.3 Å². The molecule has 2 heteroatoms. The number of rotatable bonds is 6. The number of hydrogen-bond donors (Lipinski definition) is 1. The Morgan fingerprint density at radius 3 is 2.33 bits per heavy atom. The Labute approximate surface area is 111 Å². The first kappa shape index (κ1) is 14.9. The Morgan fingerprint density at radius 2 is 1.78 bits per heavy atom. The molecule has 0 saturated heterocycles. The largest absolute Gasteiger partial charge is 0.326 e. The maximum atomic E-state index is 11.9. The molecule has 1 aromatic rings. The first-order valence-electron chi connectivity index (χ1n) is 6.71. The fraction of sp³-hybridized carbons (Fsp3) is 0.562. The van der Waals surface area contributed by atoms with Gasteiger partial charge in [0.05, 0.1) is 0 Å². The Morgan fingerprint density at radius 1 is 1.17 bits per heavy atom. The molecule has 0 aliphatic carbocycles. The zero-order valence-electron chi connectivity index (χ0n) is 11.8.